The first-order chi connectivity index (χ1) is 11.3. The Labute approximate surface area is 142 Å². The maximum absolute atomic E-state index is 4.94. The van der Waals surface area contributed by atoms with Crippen LogP contribution >= 0.6 is 11.5 Å². The quantitative estimate of drug-likeness (QED) is 0.813. The molecule has 122 valence electrons. The van der Waals surface area contributed by atoms with Gasteiger partial charge in [0.15, 0.2) is 0 Å². The summed E-state index contributed by atoms with van der Waals surface area (Å²) in [6, 6.07) is 8.85. The molecule has 1 saturated carbocycles. The number of nitrogens with zero attached hydrogens (tertiary/aromatic N) is 2. The molecular weight excluding hydrogens is 302 g/mol. The van der Waals surface area contributed by atoms with E-state index in [4.69, 9.17) is 4.37 Å². The zero-order valence-corrected chi connectivity index (χ0v) is 14.5. The Morgan fingerprint density at radius 1 is 1.09 bits per heavy atom. The number of fused-ring (bicyclic) bond motifs is 2. The average molecular weight is 329 g/mol. The predicted octanol–water partition coefficient (Wildman–Crippen LogP) is 3.23. The summed E-state index contributed by atoms with van der Waals surface area (Å²) >= 11 is 1.70. The molecule has 3 nitrogen and oxygen atoms in total. The second kappa shape index (κ2) is 5.54. The fourth-order valence-corrected chi connectivity index (χ4v) is 6.47. The lowest BCUT2D eigenvalue weighted by atomic mass is 9.72. The Balaban J connectivity index is 1.49. The SMILES string of the molecule is c1ccc2c([C@@H]3CCC[C@H]4C[N+]5(CCNCC5)C[C@H]43)nsc2c1. The highest BCUT2D eigenvalue weighted by molar-refractivity contribution is 7.13. The highest BCUT2D eigenvalue weighted by Gasteiger charge is 2.50. The van der Waals surface area contributed by atoms with Crippen LogP contribution in [0.2, 0.25) is 0 Å². The molecule has 0 radical (unpaired) electrons. The number of benzene rings is 1. The molecule has 3 aliphatic rings. The van der Waals surface area contributed by atoms with Gasteiger partial charge >= 0.3 is 0 Å². The van der Waals surface area contributed by atoms with Crippen molar-refractivity contribution in [1.82, 2.24) is 9.69 Å². The Bertz CT molecular complexity index is 703. The smallest absolute Gasteiger partial charge is 0.0914 e. The van der Waals surface area contributed by atoms with Gasteiger partial charge in [0.25, 0.3) is 0 Å². The van der Waals surface area contributed by atoms with Crippen LogP contribution in [-0.2, 0) is 0 Å². The fourth-order valence-electron chi connectivity index (χ4n) is 5.63. The van der Waals surface area contributed by atoms with Crippen LogP contribution in [0.1, 0.15) is 30.9 Å². The number of hydrogen-bond acceptors (Lipinski definition) is 3. The summed E-state index contributed by atoms with van der Waals surface area (Å²) in [6.45, 7) is 7.95. The molecule has 1 aromatic carbocycles. The second-order valence-electron chi connectivity index (χ2n) is 7.93. The van der Waals surface area contributed by atoms with Gasteiger partial charge in [0.2, 0.25) is 0 Å². The molecule has 2 aliphatic heterocycles. The minimum absolute atomic E-state index is 0.706. The van der Waals surface area contributed by atoms with Crippen molar-refractivity contribution in [2.45, 2.75) is 25.2 Å². The van der Waals surface area contributed by atoms with Crippen LogP contribution in [0.25, 0.3) is 10.1 Å². The third-order valence-electron chi connectivity index (χ3n) is 6.71. The van der Waals surface area contributed by atoms with Gasteiger partial charge in [-0.25, -0.2) is 0 Å². The highest BCUT2D eigenvalue weighted by atomic mass is 32.1. The first kappa shape index (κ1) is 14.4. The van der Waals surface area contributed by atoms with Gasteiger partial charge in [-0.1, -0.05) is 24.6 Å². The summed E-state index contributed by atoms with van der Waals surface area (Å²) in [5.74, 6) is 2.51. The Morgan fingerprint density at radius 3 is 2.87 bits per heavy atom. The third-order valence-corrected chi connectivity index (χ3v) is 7.56. The lowest BCUT2D eigenvalue weighted by molar-refractivity contribution is -0.920. The molecule has 4 heteroatoms. The van der Waals surface area contributed by atoms with E-state index in [2.05, 4.69) is 29.6 Å². The van der Waals surface area contributed by atoms with Crippen molar-refractivity contribution in [1.29, 1.82) is 0 Å². The number of nitrogens with one attached hydrogen (secondary N) is 1. The normalized spacial score (nSPS) is 33.1. The number of hydrogen-bond donors (Lipinski definition) is 1. The molecule has 5 rings (SSSR count). The first-order valence-corrected chi connectivity index (χ1v) is 10.0. The zero-order chi connectivity index (χ0) is 15.3. The van der Waals surface area contributed by atoms with Crippen molar-refractivity contribution < 1.29 is 4.48 Å². The molecule has 0 unspecified atom stereocenters. The van der Waals surface area contributed by atoms with Crippen LogP contribution in [0.15, 0.2) is 24.3 Å². The van der Waals surface area contributed by atoms with E-state index in [1.54, 1.807) is 11.5 Å². The van der Waals surface area contributed by atoms with Crippen molar-refractivity contribution in [2.75, 3.05) is 39.3 Å². The third kappa shape index (κ3) is 2.34. The summed E-state index contributed by atoms with van der Waals surface area (Å²) in [5.41, 5.74) is 1.43. The molecule has 23 heavy (non-hydrogen) atoms. The van der Waals surface area contributed by atoms with Crippen LogP contribution in [-0.4, -0.2) is 48.1 Å². The van der Waals surface area contributed by atoms with Crippen LogP contribution in [0, 0.1) is 11.8 Å². The summed E-state index contributed by atoms with van der Waals surface area (Å²) in [4.78, 5) is 0. The maximum Gasteiger partial charge on any atom is 0.0914 e. The van der Waals surface area contributed by atoms with E-state index < -0.39 is 0 Å². The summed E-state index contributed by atoms with van der Waals surface area (Å²) in [5, 5.41) is 4.99. The molecule has 1 aliphatic carbocycles. The van der Waals surface area contributed by atoms with E-state index in [1.165, 1.54) is 78.8 Å². The van der Waals surface area contributed by atoms with Gasteiger partial charge in [-0.2, -0.15) is 4.37 Å². The minimum Gasteiger partial charge on any atom is -0.321 e. The highest BCUT2D eigenvalue weighted by Crippen LogP contribution is 2.48. The van der Waals surface area contributed by atoms with E-state index in [1.807, 2.05) is 0 Å². The molecule has 3 atom stereocenters. The standard InChI is InChI=1S/C19H26N3S/c1-2-7-18-16(5-1)19(21-23-18)15-6-3-4-14-12-22(13-17(14)15)10-8-20-9-11-22/h1-2,5,7,14-15,17,20H,3-4,6,8-13H2/q+1/t14-,15+,17+/m0/s1. The molecule has 2 saturated heterocycles. The van der Waals surface area contributed by atoms with Crippen LogP contribution < -0.4 is 5.32 Å². The topological polar surface area (TPSA) is 24.9 Å². The van der Waals surface area contributed by atoms with Gasteiger partial charge in [0.1, 0.15) is 0 Å². The molecule has 1 N–H and O–H groups in total. The zero-order valence-electron chi connectivity index (χ0n) is 13.7. The van der Waals surface area contributed by atoms with E-state index in [-0.39, 0.29) is 0 Å². The maximum atomic E-state index is 4.94. The molecule has 2 aromatic rings. The molecule has 0 bridgehead atoms. The molecular formula is C19H26N3S+. The number of rotatable bonds is 1. The molecule has 0 amide bonds. The largest absolute Gasteiger partial charge is 0.321 e. The Hall–Kier alpha value is -0.970. The number of quaternary nitrogens is 1. The molecule has 1 aromatic heterocycles. The summed E-state index contributed by atoms with van der Waals surface area (Å²) < 4.78 is 7.69. The van der Waals surface area contributed by atoms with Crippen LogP contribution in [0.3, 0.4) is 0 Å². The average Bonchev–Trinajstić information content (AvgIpc) is 3.16. The Morgan fingerprint density at radius 2 is 1.96 bits per heavy atom. The second-order valence-corrected chi connectivity index (χ2v) is 8.73. The van der Waals surface area contributed by atoms with Gasteiger partial charge in [0, 0.05) is 36.2 Å². The van der Waals surface area contributed by atoms with Crippen molar-refractivity contribution in [3.05, 3.63) is 30.0 Å². The molecule has 3 heterocycles. The molecule has 1 spiro atoms. The Kier molecular flexibility index (Phi) is 3.46. The lowest BCUT2D eigenvalue weighted by Crippen LogP contribution is -2.57. The number of piperazine rings is 1. The van der Waals surface area contributed by atoms with E-state index in [9.17, 15) is 0 Å². The summed E-state index contributed by atoms with van der Waals surface area (Å²) in [6.07, 6.45) is 4.21. The van der Waals surface area contributed by atoms with Gasteiger partial charge in [-0.15, -0.1) is 0 Å². The predicted molar refractivity (Wildman–Crippen MR) is 95.8 cm³/mol. The van der Waals surface area contributed by atoms with E-state index in [0.717, 1.165) is 11.8 Å². The van der Waals surface area contributed by atoms with Crippen LogP contribution in [0.4, 0.5) is 0 Å². The van der Waals surface area contributed by atoms with Crippen molar-refractivity contribution in [3.63, 3.8) is 0 Å². The van der Waals surface area contributed by atoms with E-state index >= 15 is 0 Å². The van der Waals surface area contributed by atoms with Gasteiger partial charge in [-0.3, -0.25) is 0 Å². The number of aromatic nitrogens is 1. The monoisotopic (exact) mass is 328 g/mol. The van der Waals surface area contributed by atoms with Crippen LogP contribution in [0.5, 0.6) is 0 Å². The minimum atomic E-state index is 0.706. The van der Waals surface area contributed by atoms with Gasteiger partial charge < -0.3 is 9.80 Å². The molecule has 3 fully saturated rings. The first-order valence-electron chi connectivity index (χ1n) is 9.25. The lowest BCUT2D eigenvalue weighted by Gasteiger charge is -2.38. The fraction of sp³-hybridized carbons (Fsp3) is 0.632. The van der Waals surface area contributed by atoms with Gasteiger partial charge in [-0.05, 0) is 30.4 Å². The van der Waals surface area contributed by atoms with E-state index in [0.29, 0.717) is 5.92 Å². The summed E-state index contributed by atoms with van der Waals surface area (Å²) in [7, 11) is 0. The van der Waals surface area contributed by atoms with Gasteiger partial charge in [0.05, 0.1) is 36.6 Å². The van der Waals surface area contributed by atoms with Crippen molar-refractivity contribution >= 4 is 21.6 Å². The van der Waals surface area contributed by atoms with Crippen molar-refractivity contribution in [3.8, 4) is 0 Å². The van der Waals surface area contributed by atoms with Crippen molar-refractivity contribution in [2.24, 2.45) is 11.8 Å².